The number of rotatable bonds is 6. The zero-order valence-electron chi connectivity index (χ0n) is 17.7. The molecule has 3 aromatic carbocycles. The molecule has 0 saturated carbocycles. The number of benzene rings is 3. The van der Waals surface area contributed by atoms with Crippen LogP contribution in [-0.2, 0) is 14.4 Å². The first kappa shape index (κ1) is 21.8. The van der Waals surface area contributed by atoms with E-state index in [0.717, 1.165) is 9.37 Å². The smallest absolute Gasteiger partial charge is 0.263 e. The van der Waals surface area contributed by atoms with Crippen molar-refractivity contribution in [1.29, 1.82) is 0 Å². The van der Waals surface area contributed by atoms with Crippen LogP contribution in [-0.4, -0.2) is 41.4 Å². The van der Waals surface area contributed by atoms with Crippen molar-refractivity contribution in [3.63, 3.8) is 0 Å². The van der Waals surface area contributed by atoms with E-state index in [9.17, 15) is 14.4 Å². The molecular weight excluding hydrogens is 502 g/mol. The molecule has 0 spiro atoms. The summed E-state index contributed by atoms with van der Waals surface area (Å²) in [5, 5.41) is 11.9. The number of anilines is 2. The quantitative estimate of drug-likeness (QED) is 0.492. The molecule has 1 saturated heterocycles. The zero-order valence-corrected chi connectivity index (χ0v) is 19.3. The van der Waals surface area contributed by atoms with Crippen LogP contribution >= 0.6 is 15.9 Å². The Morgan fingerprint density at radius 3 is 2.29 bits per heavy atom. The second kappa shape index (κ2) is 9.06. The lowest BCUT2D eigenvalue weighted by Gasteiger charge is -2.20. The van der Waals surface area contributed by atoms with Gasteiger partial charge in [0.05, 0.1) is 5.69 Å². The number of carbonyl (C=O) groups is 3. The number of nitrogens with one attached hydrogen (secondary N) is 1. The molecule has 2 aliphatic heterocycles. The molecule has 34 heavy (non-hydrogen) atoms. The van der Waals surface area contributed by atoms with E-state index in [1.165, 1.54) is 5.01 Å². The third kappa shape index (κ3) is 4.27. The number of hydrogen-bond acceptors (Lipinski definition) is 7. The van der Waals surface area contributed by atoms with E-state index in [1.807, 2.05) is 30.3 Å². The highest BCUT2D eigenvalue weighted by Crippen LogP contribution is 2.32. The molecule has 1 fully saturated rings. The summed E-state index contributed by atoms with van der Waals surface area (Å²) in [6.45, 7) is -0.222. The number of carbonyl (C=O) groups excluding carboxylic acids is 3. The van der Waals surface area contributed by atoms with Gasteiger partial charge in [0.15, 0.2) is 12.1 Å². The molecule has 10 heteroatoms. The van der Waals surface area contributed by atoms with Crippen LogP contribution in [0.3, 0.4) is 0 Å². The summed E-state index contributed by atoms with van der Waals surface area (Å²) in [4.78, 5) is 39.5. The van der Waals surface area contributed by atoms with Crippen molar-refractivity contribution in [2.45, 2.75) is 12.1 Å². The SMILES string of the molecule is O=C(CN1N=N[C@H]2C(=O)N(c3ccc(Br)cc3)C(=O)[C@H]21)Nc1ccc(Oc2ccccc2)cc1. The number of imide groups is 1. The lowest BCUT2D eigenvalue weighted by molar-refractivity contribution is -0.123. The molecule has 2 atom stereocenters. The number of hydrogen-bond donors (Lipinski definition) is 1. The minimum absolute atomic E-state index is 0.222. The van der Waals surface area contributed by atoms with E-state index >= 15 is 0 Å². The van der Waals surface area contributed by atoms with Crippen molar-refractivity contribution in [1.82, 2.24) is 5.01 Å². The summed E-state index contributed by atoms with van der Waals surface area (Å²) in [6.07, 6.45) is 0. The number of para-hydroxylation sites is 1. The van der Waals surface area contributed by atoms with Crippen molar-refractivity contribution in [3.05, 3.63) is 83.3 Å². The molecule has 0 bridgehead atoms. The third-order valence-electron chi connectivity index (χ3n) is 5.37. The largest absolute Gasteiger partial charge is 0.457 e. The Labute approximate surface area is 203 Å². The Kier molecular flexibility index (Phi) is 5.81. The molecule has 170 valence electrons. The highest BCUT2D eigenvalue weighted by molar-refractivity contribution is 9.10. The van der Waals surface area contributed by atoms with Crippen molar-refractivity contribution in [3.8, 4) is 11.5 Å². The van der Waals surface area contributed by atoms with Crippen molar-refractivity contribution < 1.29 is 19.1 Å². The Bertz CT molecular complexity index is 1260. The van der Waals surface area contributed by atoms with Gasteiger partial charge in [0.1, 0.15) is 18.0 Å². The summed E-state index contributed by atoms with van der Waals surface area (Å²) < 4.78 is 6.57. The van der Waals surface area contributed by atoms with Gasteiger partial charge in [-0.05, 0) is 60.7 Å². The van der Waals surface area contributed by atoms with Gasteiger partial charge >= 0.3 is 0 Å². The fourth-order valence-electron chi connectivity index (χ4n) is 3.78. The van der Waals surface area contributed by atoms with Crippen molar-refractivity contribution in [2.24, 2.45) is 10.3 Å². The topological polar surface area (TPSA) is 104 Å². The Hall–Kier alpha value is -4.05. The number of nitrogens with zero attached hydrogens (tertiary/aromatic N) is 4. The van der Waals surface area contributed by atoms with Gasteiger partial charge in [-0.15, -0.1) is 0 Å². The molecule has 9 nitrogen and oxygen atoms in total. The van der Waals surface area contributed by atoms with Crippen molar-refractivity contribution >= 4 is 45.0 Å². The highest BCUT2D eigenvalue weighted by Gasteiger charge is 2.55. The fraction of sp³-hybridized carbons (Fsp3) is 0.125. The van der Waals surface area contributed by atoms with Gasteiger partial charge in [-0.3, -0.25) is 19.4 Å². The molecule has 5 rings (SSSR count). The van der Waals surface area contributed by atoms with Crippen LogP contribution < -0.4 is 15.0 Å². The Balaban J connectivity index is 1.22. The molecule has 3 aromatic rings. The number of fused-ring (bicyclic) bond motifs is 1. The lowest BCUT2D eigenvalue weighted by atomic mass is 10.1. The second-order valence-corrected chi connectivity index (χ2v) is 8.58. The molecule has 0 radical (unpaired) electrons. The maximum absolute atomic E-state index is 13.0. The van der Waals surface area contributed by atoms with E-state index in [2.05, 4.69) is 31.6 Å². The van der Waals surface area contributed by atoms with E-state index in [-0.39, 0.29) is 6.54 Å². The van der Waals surface area contributed by atoms with Gasteiger partial charge < -0.3 is 10.1 Å². The predicted molar refractivity (Wildman–Crippen MR) is 127 cm³/mol. The zero-order chi connectivity index (χ0) is 23.7. The van der Waals surface area contributed by atoms with E-state index in [0.29, 0.717) is 22.9 Å². The highest BCUT2D eigenvalue weighted by atomic mass is 79.9. The molecule has 2 heterocycles. The molecule has 1 N–H and O–H groups in total. The maximum atomic E-state index is 13.0. The normalized spacial score (nSPS) is 18.9. The first-order valence-corrected chi connectivity index (χ1v) is 11.2. The first-order chi connectivity index (χ1) is 16.5. The lowest BCUT2D eigenvalue weighted by Crippen LogP contribution is -2.43. The average molecular weight is 520 g/mol. The number of ether oxygens (including phenoxy) is 1. The molecule has 2 aliphatic rings. The molecule has 0 aliphatic carbocycles. The molecule has 0 unspecified atom stereocenters. The third-order valence-corrected chi connectivity index (χ3v) is 5.89. The summed E-state index contributed by atoms with van der Waals surface area (Å²) in [6, 6.07) is 21.2. The summed E-state index contributed by atoms with van der Waals surface area (Å²) in [5.41, 5.74) is 1.01. The standard InChI is InChI=1S/C24H18BrN5O4/c25-15-6-10-17(11-7-15)30-23(32)21-22(24(30)33)29(28-27-21)14-20(31)26-16-8-12-19(13-9-16)34-18-4-2-1-3-5-18/h1-13,21-22H,14H2,(H,26,31)/t21-,22+/m1/s1. The van der Waals surface area contributed by atoms with E-state index in [4.69, 9.17) is 4.74 Å². The molecular formula is C24H18BrN5O4. The van der Waals surface area contributed by atoms with Gasteiger partial charge in [0.25, 0.3) is 11.8 Å². The first-order valence-electron chi connectivity index (χ1n) is 10.4. The summed E-state index contributed by atoms with van der Waals surface area (Å²) in [7, 11) is 0. The molecule has 0 aromatic heterocycles. The minimum atomic E-state index is -0.960. The van der Waals surface area contributed by atoms with E-state index in [1.54, 1.807) is 48.5 Å². The second-order valence-electron chi connectivity index (χ2n) is 7.67. The van der Waals surface area contributed by atoms with Crippen LogP contribution in [0.25, 0.3) is 0 Å². The van der Waals surface area contributed by atoms with Gasteiger partial charge in [-0.2, -0.15) is 5.11 Å². The van der Waals surface area contributed by atoms with Crippen LogP contribution in [0.15, 0.2) is 93.7 Å². The van der Waals surface area contributed by atoms with Crippen LogP contribution in [0.2, 0.25) is 0 Å². The van der Waals surface area contributed by atoms with Crippen LogP contribution in [0.1, 0.15) is 0 Å². The van der Waals surface area contributed by atoms with Gasteiger partial charge in [-0.25, -0.2) is 4.90 Å². The van der Waals surface area contributed by atoms with Gasteiger partial charge in [-0.1, -0.05) is 39.4 Å². The number of halogens is 1. The van der Waals surface area contributed by atoms with Gasteiger partial charge in [0.2, 0.25) is 5.91 Å². The Morgan fingerprint density at radius 1 is 0.912 bits per heavy atom. The van der Waals surface area contributed by atoms with Crippen molar-refractivity contribution in [2.75, 3.05) is 16.8 Å². The van der Waals surface area contributed by atoms with Crippen LogP contribution in [0.4, 0.5) is 11.4 Å². The number of amides is 3. The summed E-state index contributed by atoms with van der Waals surface area (Å²) in [5.74, 6) is 0.0267. The minimum Gasteiger partial charge on any atom is -0.457 e. The van der Waals surface area contributed by atoms with Crippen LogP contribution in [0, 0.1) is 0 Å². The summed E-state index contributed by atoms with van der Waals surface area (Å²) >= 11 is 3.33. The molecule has 3 amide bonds. The van der Waals surface area contributed by atoms with Gasteiger partial charge in [0, 0.05) is 10.2 Å². The maximum Gasteiger partial charge on any atom is 0.263 e. The predicted octanol–water partition coefficient (Wildman–Crippen LogP) is 4.17. The monoisotopic (exact) mass is 519 g/mol. The average Bonchev–Trinajstić information content (AvgIpc) is 3.36. The van der Waals surface area contributed by atoms with Crippen LogP contribution in [0.5, 0.6) is 11.5 Å². The fourth-order valence-corrected chi connectivity index (χ4v) is 4.04. The van der Waals surface area contributed by atoms with E-state index < -0.39 is 29.8 Å². The Morgan fingerprint density at radius 2 is 1.59 bits per heavy atom.